The fourth-order valence-corrected chi connectivity index (χ4v) is 3.86. The Balaban J connectivity index is 2.13. The summed E-state index contributed by atoms with van der Waals surface area (Å²) in [5.41, 5.74) is -6.70. The predicted octanol–water partition coefficient (Wildman–Crippen LogP) is 4.42. The van der Waals surface area contributed by atoms with Gasteiger partial charge in [0.05, 0.1) is 18.2 Å². The molecule has 3 rings (SSSR count). The van der Waals surface area contributed by atoms with Gasteiger partial charge in [-0.2, -0.15) is 18.3 Å². The number of rotatable bonds is 5. The van der Waals surface area contributed by atoms with Crippen molar-refractivity contribution in [1.29, 1.82) is 0 Å². The molecule has 0 atom stereocenters. The highest BCUT2D eigenvalue weighted by Gasteiger charge is 2.60. The minimum atomic E-state index is -5.13. The van der Waals surface area contributed by atoms with Gasteiger partial charge in [-0.1, -0.05) is 6.92 Å². The fraction of sp³-hybridized carbons (Fsp3) is 0.750. The van der Waals surface area contributed by atoms with E-state index in [9.17, 15) is 35.5 Å². The number of hydrogen-bond acceptors (Lipinski definition) is 3. The average molecular weight is 402 g/mol. The maximum Gasteiger partial charge on any atom is 0.420 e. The molecule has 0 spiro atoms. The smallest absolute Gasteiger partial charge is 0.420 e. The zero-order valence-corrected chi connectivity index (χ0v) is 14.5. The first-order chi connectivity index (χ1) is 12.2. The summed E-state index contributed by atoms with van der Waals surface area (Å²) < 4.78 is 99.4. The molecule has 0 aromatic carbocycles. The number of carbonyl (C=O) groups excluding carboxylic acids is 1. The lowest BCUT2D eigenvalue weighted by Gasteiger charge is -2.44. The number of aromatic nitrogens is 2. The van der Waals surface area contributed by atoms with Gasteiger partial charge in [0, 0.05) is 19.4 Å². The number of halogens is 7. The van der Waals surface area contributed by atoms with Crippen LogP contribution in [-0.2, 0) is 22.9 Å². The second-order valence-corrected chi connectivity index (χ2v) is 7.70. The molecule has 0 amide bonds. The van der Waals surface area contributed by atoms with Gasteiger partial charge in [0.2, 0.25) is 12.3 Å². The van der Waals surface area contributed by atoms with Crippen LogP contribution in [0.3, 0.4) is 0 Å². The number of methoxy groups -OCH3 is 1. The van der Waals surface area contributed by atoms with Crippen LogP contribution in [0.25, 0.3) is 0 Å². The standard InChI is InChI=1S/C16H17F7N2O2/c1-13(5-15(19,20)6-13)7-25-9(11(26)27-2)8(16(21,22)23)10(24-25)14(3-4-14)12(17)18/h12H,3-7H2,1-2H3. The Morgan fingerprint density at radius 2 is 1.81 bits per heavy atom. The van der Waals surface area contributed by atoms with E-state index in [1.165, 1.54) is 6.92 Å². The Kier molecular flexibility index (Phi) is 4.31. The number of carbonyl (C=O) groups is 1. The third kappa shape index (κ3) is 3.29. The van der Waals surface area contributed by atoms with E-state index in [1.807, 2.05) is 0 Å². The maximum absolute atomic E-state index is 13.7. The van der Waals surface area contributed by atoms with E-state index in [1.54, 1.807) is 0 Å². The molecule has 2 saturated carbocycles. The SMILES string of the molecule is COC(=O)c1c(C(F)(F)F)c(C2(C(F)F)CC2)nn1CC1(C)CC(F)(F)C1. The molecule has 27 heavy (non-hydrogen) atoms. The third-order valence-corrected chi connectivity index (χ3v) is 5.19. The van der Waals surface area contributed by atoms with Gasteiger partial charge < -0.3 is 4.74 Å². The Morgan fingerprint density at radius 3 is 2.19 bits per heavy atom. The van der Waals surface area contributed by atoms with Crippen molar-refractivity contribution in [3.63, 3.8) is 0 Å². The van der Waals surface area contributed by atoms with Crippen LogP contribution in [-0.4, -0.2) is 35.2 Å². The van der Waals surface area contributed by atoms with Crippen LogP contribution in [0.15, 0.2) is 0 Å². The summed E-state index contributed by atoms with van der Waals surface area (Å²) in [5, 5.41) is 3.69. The molecule has 2 fully saturated rings. The second kappa shape index (κ2) is 5.84. The lowest BCUT2D eigenvalue weighted by atomic mass is 9.67. The lowest BCUT2D eigenvalue weighted by Crippen LogP contribution is -2.47. The highest BCUT2D eigenvalue weighted by atomic mass is 19.4. The maximum atomic E-state index is 13.7. The third-order valence-electron chi connectivity index (χ3n) is 5.19. The second-order valence-electron chi connectivity index (χ2n) is 7.70. The molecular weight excluding hydrogens is 385 g/mol. The van der Waals surface area contributed by atoms with Crippen molar-refractivity contribution in [3.05, 3.63) is 17.0 Å². The molecule has 152 valence electrons. The minimum absolute atomic E-state index is 0.208. The van der Waals surface area contributed by atoms with E-state index in [0.29, 0.717) is 4.68 Å². The van der Waals surface area contributed by atoms with E-state index < -0.39 is 71.7 Å². The van der Waals surface area contributed by atoms with Crippen LogP contribution in [0.1, 0.15) is 54.4 Å². The first-order valence-electron chi connectivity index (χ1n) is 8.17. The van der Waals surface area contributed by atoms with Crippen molar-refractivity contribution in [1.82, 2.24) is 9.78 Å². The van der Waals surface area contributed by atoms with Gasteiger partial charge >= 0.3 is 12.1 Å². The molecule has 0 unspecified atom stereocenters. The Labute approximate surface area is 149 Å². The van der Waals surface area contributed by atoms with Gasteiger partial charge in [0.1, 0.15) is 5.56 Å². The largest absolute Gasteiger partial charge is 0.464 e. The summed E-state index contributed by atoms with van der Waals surface area (Å²) in [6.07, 6.45) is -9.85. The predicted molar refractivity (Wildman–Crippen MR) is 77.8 cm³/mol. The Hall–Kier alpha value is -1.81. The summed E-state index contributed by atoms with van der Waals surface area (Å²) in [4.78, 5) is 12.0. The zero-order valence-electron chi connectivity index (χ0n) is 14.5. The van der Waals surface area contributed by atoms with Gasteiger partial charge in [0.15, 0.2) is 5.69 Å². The van der Waals surface area contributed by atoms with E-state index in [-0.39, 0.29) is 12.8 Å². The van der Waals surface area contributed by atoms with Crippen LogP contribution in [0.2, 0.25) is 0 Å². The van der Waals surface area contributed by atoms with Gasteiger partial charge in [0.25, 0.3) is 0 Å². The molecule has 0 bridgehead atoms. The van der Waals surface area contributed by atoms with Gasteiger partial charge in [-0.05, 0) is 18.3 Å². The van der Waals surface area contributed by atoms with Crippen molar-refractivity contribution in [2.75, 3.05) is 7.11 Å². The minimum Gasteiger partial charge on any atom is -0.464 e. The zero-order chi connectivity index (χ0) is 20.4. The molecule has 1 aromatic rings. The van der Waals surface area contributed by atoms with Crippen molar-refractivity contribution in [3.8, 4) is 0 Å². The molecule has 0 aliphatic heterocycles. The highest BCUT2D eigenvalue weighted by molar-refractivity contribution is 5.90. The number of nitrogens with zero attached hydrogens (tertiary/aromatic N) is 2. The molecule has 1 aromatic heterocycles. The Morgan fingerprint density at radius 1 is 1.26 bits per heavy atom. The number of hydrogen-bond donors (Lipinski definition) is 0. The van der Waals surface area contributed by atoms with Crippen LogP contribution >= 0.6 is 0 Å². The molecule has 11 heteroatoms. The lowest BCUT2D eigenvalue weighted by molar-refractivity contribution is -0.160. The van der Waals surface area contributed by atoms with Crippen LogP contribution in [0.4, 0.5) is 30.7 Å². The van der Waals surface area contributed by atoms with Crippen LogP contribution in [0.5, 0.6) is 0 Å². The number of alkyl halides is 7. The van der Waals surface area contributed by atoms with Crippen LogP contribution < -0.4 is 0 Å². The molecule has 0 N–H and O–H groups in total. The fourth-order valence-electron chi connectivity index (χ4n) is 3.86. The van der Waals surface area contributed by atoms with Crippen LogP contribution in [0, 0.1) is 5.41 Å². The normalized spacial score (nSPS) is 22.4. The monoisotopic (exact) mass is 402 g/mol. The van der Waals surface area contributed by atoms with Crippen molar-refractivity contribution < 1.29 is 40.3 Å². The van der Waals surface area contributed by atoms with Crippen molar-refractivity contribution in [2.45, 2.75) is 63.1 Å². The number of ether oxygens (including phenoxy) is 1. The van der Waals surface area contributed by atoms with Gasteiger partial charge in [-0.3, -0.25) is 4.68 Å². The molecule has 0 saturated heterocycles. The molecule has 4 nitrogen and oxygen atoms in total. The number of esters is 1. The summed E-state index contributed by atoms with van der Waals surface area (Å²) in [7, 11) is 0.846. The van der Waals surface area contributed by atoms with E-state index in [2.05, 4.69) is 9.84 Å². The average Bonchev–Trinajstić information content (AvgIpc) is 3.20. The summed E-state index contributed by atoms with van der Waals surface area (Å²) in [6.45, 7) is 0.982. The van der Waals surface area contributed by atoms with E-state index in [0.717, 1.165) is 7.11 Å². The van der Waals surface area contributed by atoms with Gasteiger partial charge in [-0.15, -0.1) is 0 Å². The summed E-state index contributed by atoms with van der Waals surface area (Å²) in [6, 6.07) is 0. The van der Waals surface area contributed by atoms with Crippen molar-refractivity contribution in [2.24, 2.45) is 5.41 Å². The molecular formula is C16H17F7N2O2. The molecule has 2 aliphatic carbocycles. The molecule has 2 aliphatic rings. The summed E-state index contributed by atoms with van der Waals surface area (Å²) in [5.74, 6) is -4.36. The van der Waals surface area contributed by atoms with Gasteiger partial charge in [-0.25, -0.2) is 22.4 Å². The first-order valence-corrected chi connectivity index (χ1v) is 8.17. The topological polar surface area (TPSA) is 44.1 Å². The Bertz CT molecular complexity index is 758. The molecule has 1 heterocycles. The van der Waals surface area contributed by atoms with E-state index in [4.69, 9.17) is 0 Å². The first kappa shape index (κ1) is 19.9. The van der Waals surface area contributed by atoms with Crippen molar-refractivity contribution >= 4 is 5.97 Å². The summed E-state index contributed by atoms with van der Waals surface area (Å²) >= 11 is 0. The highest BCUT2D eigenvalue weighted by Crippen LogP contribution is 2.57. The molecule has 0 radical (unpaired) electrons. The van der Waals surface area contributed by atoms with E-state index >= 15 is 0 Å². The quantitative estimate of drug-likeness (QED) is 0.541.